The van der Waals surface area contributed by atoms with Crippen molar-refractivity contribution in [3.05, 3.63) is 82.9 Å². The lowest BCUT2D eigenvalue weighted by atomic mass is 9.88. The predicted molar refractivity (Wildman–Crippen MR) is 71.2 cm³/mol. The van der Waals surface area contributed by atoms with Crippen molar-refractivity contribution in [1.29, 1.82) is 0 Å². The lowest BCUT2D eigenvalue weighted by molar-refractivity contribution is 0.0824. The van der Waals surface area contributed by atoms with E-state index in [1.807, 2.05) is 0 Å². The van der Waals surface area contributed by atoms with Crippen LogP contribution in [0.25, 0.3) is 0 Å². The van der Waals surface area contributed by atoms with Crippen LogP contribution in [0.15, 0.2) is 66.2 Å². The monoisotopic (exact) mass is 234 g/mol. The van der Waals surface area contributed by atoms with E-state index in [-0.39, 0.29) is 12.2 Å². The molecule has 2 aliphatic rings. The summed E-state index contributed by atoms with van der Waals surface area (Å²) in [5, 5.41) is 0. The van der Waals surface area contributed by atoms with E-state index in [1.165, 1.54) is 22.3 Å². The fraction of sp³-hybridized carbons (Fsp3) is 0.176. The van der Waals surface area contributed by atoms with Crippen LogP contribution in [0.1, 0.15) is 28.9 Å². The Labute approximate surface area is 107 Å². The van der Waals surface area contributed by atoms with Gasteiger partial charge in [-0.2, -0.15) is 0 Å². The summed E-state index contributed by atoms with van der Waals surface area (Å²) in [5.74, 6) is 0. The first-order valence-corrected chi connectivity index (χ1v) is 6.40. The van der Waals surface area contributed by atoms with Crippen LogP contribution in [-0.4, -0.2) is 0 Å². The van der Waals surface area contributed by atoms with E-state index in [0.717, 1.165) is 6.42 Å². The molecule has 4 rings (SSSR count). The molecule has 1 heteroatoms. The number of hydrogen-bond donors (Lipinski definition) is 0. The number of benzene rings is 2. The van der Waals surface area contributed by atoms with Crippen molar-refractivity contribution in [2.75, 3.05) is 0 Å². The van der Waals surface area contributed by atoms with E-state index in [2.05, 4.69) is 60.7 Å². The van der Waals surface area contributed by atoms with E-state index in [0.29, 0.717) is 0 Å². The minimum atomic E-state index is 0.185. The predicted octanol–water partition coefficient (Wildman–Crippen LogP) is 3.98. The molecule has 2 aromatic carbocycles. The fourth-order valence-corrected chi connectivity index (χ4v) is 2.98. The van der Waals surface area contributed by atoms with Crippen LogP contribution in [0.3, 0.4) is 0 Å². The Morgan fingerprint density at radius 2 is 1.56 bits per heavy atom. The Balaban J connectivity index is 1.66. The van der Waals surface area contributed by atoms with Gasteiger partial charge in [0, 0.05) is 0 Å². The average molecular weight is 234 g/mol. The van der Waals surface area contributed by atoms with Crippen molar-refractivity contribution < 1.29 is 4.74 Å². The van der Waals surface area contributed by atoms with Crippen molar-refractivity contribution in [3.8, 4) is 0 Å². The van der Waals surface area contributed by atoms with Gasteiger partial charge in [-0.1, -0.05) is 54.6 Å². The van der Waals surface area contributed by atoms with Gasteiger partial charge in [0.25, 0.3) is 0 Å². The van der Waals surface area contributed by atoms with Crippen molar-refractivity contribution in [1.82, 2.24) is 0 Å². The summed E-state index contributed by atoms with van der Waals surface area (Å²) >= 11 is 0. The quantitative estimate of drug-likeness (QED) is 0.714. The molecule has 0 aromatic heterocycles. The summed E-state index contributed by atoms with van der Waals surface area (Å²) in [7, 11) is 0. The molecular formula is C17H14O. The lowest BCUT2D eigenvalue weighted by Gasteiger charge is -2.14. The highest BCUT2D eigenvalue weighted by Crippen LogP contribution is 2.50. The van der Waals surface area contributed by atoms with Gasteiger partial charge in [-0.3, -0.25) is 0 Å². The van der Waals surface area contributed by atoms with Crippen LogP contribution < -0.4 is 0 Å². The average Bonchev–Trinajstić information content (AvgIpc) is 2.99. The molecule has 0 fully saturated rings. The molecular weight excluding hydrogens is 220 g/mol. The third-order valence-corrected chi connectivity index (χ3v) is 3.82. The topological polar surface area (TPSA) is 9.23 Å². The maximum Gasteiger partial charge on any atom is 0.106 e. The Kier molecular flexibility index (Phi) is 2.14. The Hall–Kier alpha value is -1.86. The van der Waals surface area contributed by atoms with Crippen LogP contribution in [0, 0.1) is 0 Å². The molecule has 0 radical (unpaired) electrons. The molecule has 1 nitrogen and oxygen atoms in total. The third-order valence-electron chi connectivity index (χ3n) is 3.82. The van der Waals surface area contributed by atoms with Gasteiger partial charge in [0.1, 0.15) is 12.2 Å². The molecule has 0 saturated carbocycles. The van der Waals surface area contributed by atoms with E-state index in [4.69, 9.17) is 4.74 Å². The van der Waals surface area contributed by atoms with Gasteiger partial charge in [0.15, 0.2) is 0 Å². The molecule has 0 saturated heterocycles. The second-order valence-corrected chi connectivity index (χ2v) is 4.97. The maximum atomic E-state index is 6.03. The highest BCUT2D eigenvalue weighted by molar-refractivity contribution is 5.47. The zero-order chi connectivity index (χ0) is 11.9. The highest BCUT2D eigenvalue weighted by atomic mass is 16.5. The summed E-state index contributed by atoms with van der Waals surface area (Å²) in [4.78, 5) is 0. The first-order valence-electron chi connectivity index (χ1n) is 6.40. The van der Waals surface area contributed by atoms with Crippen molar-refractivity contribution in [2.45, 2.75) is 18.6 Å². The molecule has 0 aliphatic carbocycles. The summed E-state index contributed by atoms with van der Waals surface area (Å²) in [5.41, 5.74) is 5.47. The van der Waals surface area contributed by atoms with Crippen LogP contribution in [-0.2, 0) is 11.2 Å². The molecule has 2 bridgehead atoms. The SMILES string of the molecule is C1=C(Cc2ccccc2)C2OC1c1ccccc12. The third kappa shape index (κ3) is 1.44. The molecule has 2 atom stereocenters. The van der Waals surface area contributed by atoms with Crippen molar-refractivity contribution in [2.24, 2.45) is 0 Å². The molecule has 2 heterocycles. The molecule has 0 amide bonds. The largest absolute Gasteiger partial charge is 0.357 e. The van der Waals surface area contributed by atoms with Gasteiger partial charge in [-0.15, -0.1) is 0 Å². The minimum Gasteiger partial charge on any atom is -0.357 e. The Bertz CT molecular complexity index is 613. The zero-order valence-electron chi connectivity index (χ0n) is 10.0. The Morgan fingerprint density at radius 1 is 0.833 bits per heavy atom. The molecule has 18 heavy (non-hydrogen) atoms. The second-order valence-electron chi connectivity index (χ2n) is 4.97. The van der Waals surface area contributed by atoms with Crippen molar-refractivity contribution in [3.63, 3.8) is 0 Å². The van der Waals surface area contributed by atoms with E-state index < -0.39 is 0 Å². The smallest absolute Gasteiger partial charge is 0.106 e. The Morgan fingerprint density at radius 3 is 2.39 bits per heavy atom. The normalized spacial score (nSPS) is 23.9. The molecule has 2 aliphatic heterocycles. The molecule has 2 unspecified atom stereocenters. The van der Waals surface area contributed by atoms with Crippen LogP contribution in [0.4, 0.5) is 0 Å². The summed E-state index contributed by atoms with van der Waals surface area (Å²) in [6, 6.07) is 19.2. The van der Waals surface area contributed by atoms with E-state index in [1.54, 1.807) is 0 Å². The summed E-state index contributed by atoms with van der Waals surface area (Å²) in [6.07, 6.45) is 3.66. The lowest BCUT2D eigenvalue weighted by Crippen LogP contribution is -2.02. The first-order chi connectivity index (χ1) is 8.92. The molecule has 0 N–H and O–H groups in total. The van der Waals surface area contributed by atoms with Gasteiger partial charge >= 0.3 is 0 Å². The summed E-state index contributed by atoms with van der Waals surface area (Å²) < 4.78 is 6.03. The zero-order valence-corrected chi connectivity index (χ0v) is 10.0. The van der Waals surface area contributed by atoms with Gasteiger partial charge in [-0.05, 0) is 34.8 Å². The second kappa shape index (κ2) is 3.82. The van der Waals surface area contributed by atoms with Crippen molar-refractivity contribution >= 4 is 0 Å². The van der Waals surface area contributed by atoms with Gasteiger partial charge < -0.3 is 4.74 Å². The van der Waals surface area contributed by atoms with Gasteiger partial charge in [0.2, 0.25) is 0 Å². The maximum absolute atomic E-state index is 6.03. The van der Waals surface area contributed by atoms with Gasteiger partial charge in [-0.25, -0.2) is 0 Å². The van der Waals surface area contributed by atoms with Crippen LogP contribution in [0.5, 0.6) is 0 Å². The molecule has 88 valence electrons. The van der Waals surface area contributed by atoms with Crippen LogP contribution >= 0.6 is 0 Å². The number of hydrogen-bond acceptors (Lipinski definition) is 1. The molecule has 2 aromatic rings. The standard InChI is InChI=1S/C17H14O/c1-2-6-12(7-3-1)10-13-11-16-14-8-4-5-9-15(14)17(13)18-16/h1-9,11,16-17H,10H2. The first kappa shape index (κ1) is 10.1. The number of rotatable bonds is 2. The molecule has 0 spiro atoms. The van der Waals surface area contributed by atoms with Crippen LogP contribution in [0.2, 0.25) is 0 Å². The van der Waals surface area contributed by atoms with E-state index >= 15 is 0 Å². The van der Waals surface area contributed by atoms with E-state index in [9.17, 15) is 0 Å². The van der Waals surface area contributed by atoms with Gasteiger partial charge in [0.05, 0.1) is 0 Å². The minimum absolute atomic E-state index is 0.185. The number of ether oxygens (including phenoxy) is 1. The highest BCUT2D eigenvalue weighted by Gasteiger charge is 2.38. The number of fused-ring (bicyclic) bond motifs is 5. The fourth-order valence-electron chi connectivity index (χ4n) is 2.98. The summed E-state index contributed by atoms with van der Waals surface area (Å²) in [6.45, 7) is 0.